The Balaban J connectivity index is 5.29. The third-order valence-corrected chi connectivity index (χ3v) is 3.94. The molecule has 0 fully saturated rings. The van der Waals surface area contributed by atoms with E-state index in [1.165, 1.54) is 0 Å². The first-order valence-electron chi connectivity index (χ1n) is 3.06. The van der Waals surface area contributed by atoms with Gasteiger partial charge in [0.15, 0.2) is 5.25 Å². The Hall–Kier alpha value is -0.680. The maximum atomic E-state index is 12.0. The van der Waals surface area contributed by atoms with Gasteiger partial charge in [0.05, 0.1) is 0 Å². The average molecular weight is 271 g/mol. The van der Waals surface area contributed by atoms with Gasteiger partial charge in [-0.25, -0.2) is 8.42 Å². The first-order chi connectivity index (χ1) is 6.40. The minimum Gasteiger partial charge on any atom is -0.210 e. The second-order valence-electron chi connectivity index (χ2n) is 2.26. The fourth-order valence-corrected chi connectivity index (χ4v) is 2.76. The molecular formula is C4H5F4NO4S2. The zero-order valence-corrected chi connectivity index (χ0v) is 8.46. The number of alkyl halides is 3. The first-order valence-corrected chi connectivity index (χ1v) is 5.99. The van der Waals surface area contributed by atoms with Gasteiger partial charge in [-0.3, -0.25) is 0 Å². The number of sulfonamides is 1. The zero-order chi connectivity index (χ0) is 12.5. The van der Waals surface area contributed by atoms with Crippen molar-refractivity contribution in [1.29, 1.82) is 0 Å². The molecule has 15 heavy (non-hydrogen) atoms. The quantitative estimate of drug-likeness (QED) is 0.451. The molecule has 0 saturated heterocycles. The van der Waals surface area contributed by atoms with Gasteiger partial charge < -0.3 is 0 Å². The molecular weight excluding hydrogens is 266 g/mol. The van der Waals surface area contributed by atoms with Crippen molar-refractivity contribution >= 4 is 20.4 Å². The van der Waals surface area contributed by atoms with E-state index < -0.39 is 31.9 Å². The summed E-state index contributed by atoms with van der Waals surface area (Å²) in [5.41, 5.74) is 0. The first kappa shape index (κ1) is 14.3. The Morgan fingerprint density at radius 1 is 1.20 bits per heavy atom. The number of hydrogen-bond acceptors (Lipinski definition) is 4. The Morgan fingerprint density at radius 2 is 1.60 bits per heavy atom. The van der Waals surface area contributed by atoms with E-state index in [1.54, 1.807) is 0 Å². The van der Waals surface area contributed by atoms with Crippen LogP contribution in [0.15, 0.2) is 12.7 Å². The van der Waals surface area contributed by atoms with Gasteiger partial charge in [-0.05, 0) is 0 Å². The van der Waals surface area contributed by atoms with Crippen molar-refractivity contribution in [2.75, 3.05) is 0 Å². The largest absolute Gasteiger partial charge is 0.410 e. The predicted octanol–water partition coefficient (Wildman–Crippen LogP) is 0.237. The lowest BCUT2D eigenvalue weighted by molar-refractivity contribution is -0.121. The van der Waals surface area contributed by atoms with Crippen molar-refractivity contribution in [3.8, 4) is 0 Å². The highest BCUT2D eigenvalue weighted by molar-refractivity contribution is 8.03. The van der Waals surface area contributed by atoms with Crippen LogP contribution in [0.2, 0.25) is 0 Å². The predicted molar refractivity (Wildman–Crippen MR) is 42.1 cm³/mol. The number of halogens is 4. The van der Waals surface area contributed by atoms with Crippen molar-refractivity contribution in [3.05, 3.63) is 12.7 Å². The molecule has 0 aromatic rings. The van der Waals surface area contributed by atoms with Crippen molar-refractivity contribution < 1.29 is 33.9 Å². The van der Waals surface area contributed by atoms with Gasteiger partial charge in [0.2, 0.25) is 10.0 Å². The molecule has 0 spiro atoms. The van der Waals surface area contributed by atoms with Crippen LogP contribution in [-0.4, -0.2) is 28.3 Å². The molecule has 0 aromatic heterocycles. The fraction of sp³-hybridized carbons (Fsp3) is 0.500. The second-order valence-corrected chi connectivity index (χ2v) is 5.40. The Bertz CT molecular complexity index is 436. The molecule has 1 N–H and O–H groups in total. The minimum atomic E-state index is -5.78. The standard InChI is InChI=1S/C4H5F4NO4S2/c1-2-3(4(5,6)7)14(10,11)9-15(8,12)13/h2-3,9H,1H2. The highest BCUT2D eigenvalue weighted by Gasteiger charge is 2.48. The average Bonchev–Trinajstić information content (AvgIpc) is 1.75. The van der Waals surface area contributed by atoms with Crippen LogP contribution in [0.3, 0.4) is 0 Å². The molecule has 5 nitrogen and oxygen atoms in total. The van der Waals surface area contributed by atoms with E-state index in [2.05, 4.69) is 6.58 Å². The van der Waals surface area contributed by atoms with E-state index >= 15 is 0 Å². The van der Waals surface area contributed by atoms with Gasteiger partial charge in [-0.2, -0.15) is 21.6 Å². The molecule has 0 saturated carbocycles. The van der Waals surface area contributed by atoms with Crippen LogP contribution in [-0.2, 0) is 20.4 Å². The molecule has 0 aromatic carbocycles. The molecule has 0 aliphatic carbocycles. The van der Waals surface area contributed by atoms with Crippen LogP contribution in [0.5, 0.6) is 0 Å². The molecule has 0 radical (unpaired) electrons. The van der Waals surface area contributed by atoms with Crippen molar-refractivity contribution in [2.24, 2.45) is 0 Å². The van der Waals surface area contributed by atoms with E-state index in [0.717, 1.165) is 0 Å². The van der Waals surface area contributed by atoms with Crippen molar-refractivity contribution in [2.45, 2.75) is 11.4 Å². The highest BCUT2D eigenvalue weighted by Crippen LogP contribution is 2.26. The summed E-state index contributed by atoms with van der Waals surface area (Å²) in [5.74, 6) is 0. The van der Waals surface area contributed by atoms with E-state index in [-0.39, 0.29) is 10.2 Å². The Labute approximate surface area is 83.2 Å². The van der Waals surface area contributed by atoms with Crippen LogP contribution in [0.4, 0.5) is 17.1 Å². The Morgan fingerprint density at radius 3 is 1.80 bits per heavy atom. The third kappa shape index (κ3) is 4.57. The molecule has 0 heterocycles. The number of nitrogens with one attached hydrogen (secondary N) is 1. The van der Waals surface area contributed by atoms with Crippen molar-refractivity contribution in [1.82, 2.24) is 4.13 Å². The molecule has 0 aliphatic rings. The summed E-state index contributed by atoms with van der Waals surface area (Å²) >= 11 is 0. The summed E-state index contributed by atoms with van der Waals surface area (Å²) in [7, 11) is -11.2. The molecule has 1 unspecified atom stereocenters. The zero-order valence-electron chi connectivity index (χ0n) is 6.82. The highest BCUT2D eigenvalue weighted by atomic mass is 32.3. The molecule has 0 aliphatic heterocycles. The van der Waals surface area contributed by atoms with Crippen LogP contribution in [0.25, 0.3) is 0 Å². The van der Waals surface area contributed by atoms with E-state index in [4.69, 9.17) is 0 Å². The molecule has 0 rings (SSSR count). The summed E-state index contributed by atoms with van der Waals surface area (Å²) in [5, 5.41) is -3.20. The van der Waals surface area contributed by atoms with E-state index in [0.29, 0.717) is 0 Å². The summed E-state index contributed by atoms with van der Waals surface area (Å²) in [6, 6.07) is 0. The minimum absolute atomic E-state index is 0.0620. The molecule has 11 heteroatoms. The lowest BCUT2D eigenvalue weighted by Gasteiger charge is -2.15. The second kappa shape index (κ2) is 4.06. The van der Waals surface area contributed by atoms with E-state index in [1.807, 2.05) is 0 Å². The maximum Gasteiger partial charge on any atom is 0.410 e. The summed E-state index contributed by atoms with van der Waals surface area (Å²) < 4.78 is 89.1. The Kier molecular flexibility index (Phi) is 3.87. The van der Waals surface area contributed by atoms with Gasteiger partial charge in [0, 0.05) is 0 Å². The van der Waals surface area contributed by atoms with Crippen LogP contribution < -0.4 is 4.13 Å². The van der Waals surface area contributed by atoms with Gasteiger partial charge in [0.25, 0.3) is 0 Å². The van der Waals surface area contributed by atoms with Gasteiger partial charge in [0.1, 0.15) is 0 Å². The number of hydrogen-bond donors (Lipinski definition) is 1. The topological polar surface area (TPSA) is 80.3 Å². The maximum absolute atomic E-state index is 12.0. The van der Waals surface area contributed by atoms with Gasteiger partial charge >= 0.3 is 16.6 Å². The molecule has 0 amide bonds. The normalized spacial score (nSPS) is 16.0. The summed E-state index contributed by atoms with van der Waals surface area (Å²) in [6.45, 7) is 2.57. The molecule has 1 atom stereocenters. The van der Waals surface area contributed by atoms with Gasteiger partial charge in [-0.15, -0.1) is 6.58 Å². The SMILES string of the molecule is C=CC(C(F)(F)F)S(=O)(=O)NS(=O)(=O)F. The van der Waals surface area contributed by atoms with Crippen LogP contribution in [0.1, 0.15) is 0 Å². The molecule has 0 bridgehead atoms. The molecule has 90 valence electrons. The smallest absolute Gasteiger partial charge is 0.210 e. The third-order valence-electron chi connectivity index (χ3n) is 1.09. The summed E-state index contributed by atoms with van der Waals surface area (Å²) in [6.07, 6.45) is -5.34. The van der Waals surface area contributed by atoms with Gasteiger partial charge in [-0.1, -0.05) is 14.1 Å². The van der Waals surface area contributed by atoms with Crippen molar-refractivity contribution in [3.63, 3.8) is 0 Å². The fourth-order valence-electron chi connectivity index (χ4n) is 0.627. The van der Waals surface area contributed by atoms with Crippen LogP contribution in [0, 0.1) is 0 Å². The summed E-state index contributed by atoms with van der Waals surface area (Å²) in [4.78, 5) is 0. The van der Waals surface area contributed by atoms with E-state index in [9.17, 15) is 33.9 Å². The monoisotopic (exact) mass is 271 g/mol. The lowest BCUT2D eigenvalue weighted by atomic mass is 10.4. The lowest BCUT2D eigenvalue weighted by Crippen LogP contribution is -2.43. The van der Waals surface area contributed by atoms with Crippen LogP contribution >= 0.6 is 0 Å². The number of rotatable bonds is 4.